The van der Waals surface area contributed by atoms with Crippen molar-refractivity contribution in [2.45, 2.75) is 19.4 Å². The number of imidazole rings is 1. The number of ether oxygens (including phenoxy) is 1. The molecule has 3 aromatic rings. The van der Waals surface area contributed by atoms with Gasteiger partial charge in [-0.1, -0.05) is 18.2 Å². The van der Waals surface area contributed by atoms with E-state index in [1.807, 2.05) is 29.2 Å². The van der Waals surface area contributed by atoms with Crippen LogP contribution in [0.25, 0.3) is 22.2 Å². The molecule has 0 radical (unpaired) electrons. The smallest absolute Gasteiger partial charge is 0.223 e. The summed E-state index contributed by atoms with van der Waals surface area (Å²) >= 11 is 0. The molecule has 0 saturated carbocycles. The van der Waals surface area contributed by atoms with Crippen LogP contribution in [0.2, 0.25) is 0 Å². The van der Waals surface area contributed by atoms with Gasteiger partial charge in [0.15, 0.2) is 0 Å². The summed E-state index contributed by atoms with van der Waals surface area (Å²) in [7, 11) is 3.70. The van der Waals surface area contributed by atoms with Crippen LogP contribution in [0.1, 0.15) is 25.2 Å². The first kappa shape index (κ1) is 18.4. The number of nitrogens with zero attached hydrogens (tertiary/aromatic N) is 4. The molecule has 1 aromatic carbocycles. The fraction of sp³-hybridized carbons (Fsp3) is 0.381. The number of hydrogen-bond acceptors (Lipinski definition) is 5. The molecular weight excluding hydrogens is 354 g/mol. The highest BCUT2D eigenvalue weighted by Gasteiger charge is 2.28. The van der Waals surface area contributed by atoms with Gasteiger partial charge in [-0.25, -0.2) is 9.97 Å². The van der Waals surface area contributed by atoms with E-state index < -0.39 is 0 Å². The van der Waals surface area contributed by atoms with Crippen LogP contribution in [0, 0.1) is 0 Å². The maximum Gasteiger partial charge on any atom is 0.223 e. The van der Waals surface area contributed by atoms with Crippen molar-refractivity contribution >= 4 is 16.8 Å². The van der Waals surface area contributed by atoms with E-state index in [1.54, 1.807) is 20.2 Å². The van der Waals surface area contributed by atoms with Crippen LogP contribution in [0.3, 0.4) is 0 Å². The van der Waals surface area contributed by atoms with Crippen molar-refractivity contribution in [2.75, 3.05) is 33.8 Å². The summed E-state index contributed by atoms with van der Waals surface area (Å²) in [6.07, 6.45) is 2.65. The first-order valence-corrected chi connectivity index (χ1v) is 9.51. The van der Waals surface area contributed by atoms with Gasteiger partial charge in [0.1, 0.15) is 5.82 Å². The number of amides is 1. The molecule has 2 aromatic heterocycles. The molecule has 7 heteroatoms. The van der Waals surface area contributed by atoms with Crippen LogP contribution < -0.4 is 4.74 Å². The Morgan fingerprint density at radius 2 is 2.07 bits per heavy atom. The van der Waals surface area contributed by atoms with Crippen LogP contribution in [0.5, 0.6) is 5.88 Å². The maximum atomic E-state index is 12.2. The topological polar surface area (TPSA) is 74.4 Å². The first-order chi connectivity index (χ1) is 13.6. The Bertz CT molecular complexity index is 999. The zero-order valence-electron chi connectivity index (χ0n) is 16.5. The highest BCUT2D eigenvalue weighted by atomic mass is 16.5. The van der Waals surface area contributed by atoms with Gasteiger partial charge in [-0.2, -0.15) is 0 Å². The molecule has 146 valence electrons. The molecule has 1 unspecified atom stereocenters. The summed E-state index contributed by atoms with van der Waals surface area (Å²) in [6.45, 7) is 4.11. The molecular formula is C21H25N5O2. The van der Waals surface area contributed by atoms with Crippen molar-refractivity contribution in [3.8, 4) is 17.1 Å². The quantitative estimate of drug-likeness (QED) is 0.757. The van der Waals surface area contributed by atoms with Crippen molar-refractivity contribution in [1.29, 1.82) is 0 Å². The number of H-pyrrole nitrogens is 1. The molecule has 0 spiro atoms. The number of aromatic nitrogens is 3. The van der Waals surface area contributed by atoms with E-state index >= 15 is 0 Å². The third kappa shape index (κ3) is 3.45. The fourth-order valence-electron chi connectivity index (χ4n) is 3.80. The number of pyridine rings is 1. The van der Waals surface area contributed by atoms with Gasteiger partial charge in [0.2, 0.25) is 11.8 Å². The lowest BCUT2D eigenvalue weighted by molar-refractivity contribution is -0.131. The van der Waals surface area contributed by atoms with Gasteiger partial charge in [0.05, 0.1) is 36.1 Å². The van der Waals surface area contributed by atoms with Gasteiger partial charge in [-0.05, 0) is 25.6 Å². The van der Waals surface area contributed by atoms with E-state index in [4.69, 9.17) is 4.74 Å². The van der Waals surface area contributed by atoms with Gasteiger partial charge in [-0.15, -0.1) is 0 Å². The van der Waals surface area contributed by atoms with Crippen LogP contribution >= 0.6 is 0 Å². The lowest BCUT2D eigenvalue weighted by Crippen LogP contribution is -2.35. The third-order valence-electron chi connectivity index (χ3n) is 5.37. The molecule has 1 atom stereocenters. The van der Waals surface area contributed by atoms with Gasteiger partial charge in [-0.3, -0.25) is 4.79 Å². The number of carbonyl (C=O) groups excluding carboxylic acids is 1. The summed E-state index contributed by atoms with van der Waals surface area (Å²) < 4.78 is 5.53. The molecule has 0 bridgehead atoms. The second kappa shape index (κ2) is 7.59. The number of benzene rings is 1. The van der Waals surface area contributed by atoms with E-state index in [-0.39, 0.29) is 11.9 Å². The van der Waals surface area contributed by atoms with Crippen molar-refractivity contribution < 1.29 is 9.53 Å². The van der Waals surface area contributed by atoms with E-state index in [1.165, 1.54) is 0 Å². The summed E-state index contributed by atoms with van der Waals surface area (Å²) in [5, 5.41) is 1.04. The summed E-state index contributed by atoms with van der Waals surface area (Å²) in [5.74, 6) is 1.43. The van der Waals surface area contributed by atoms with Crippen molar-refractivity contribution in [3.63, 3.8) is 0 Å². The lowest BCUT2D eigenvalue weighted by atomic mass is 10.1. The summed E-state index contributed by atoms with van der Waals surface area (Å²) in [5.41, 5.74) is 2.59. The first-order valence-electron chi connectivity index (χ1n) is 9.51. The molecule has 3 heterocycles. The van der Waals surface area contributed by atoms with Crippen LogP contribution in [0.15, 0.2) is 36.5 Å². The zero-order chi connectivity index (χ0) is 19.7. The molecule has 7 nitrogen and oxygen atoms in total. The minimum absolute atomic E-state index is 0.0596. The number of hydrogen-bond donors (Lipinski definition) is 1. The second-order valence-corrected chi connectivity index (χ2v) is 7.24. The van der Waals surface area contributed by atoms with Gasteiger partial charge in [0.25, 0.3) is 0 Å². The average molecular weight is 379 g/mol. The van der Waals surface area contributed by atoms with Crippen LogP contribution in [-0.4, -0.2) is 64.5 Å². The van der Waals surface area contributed by atoms with E-state index in [2.05, 4.69) is 33.0 Å². The minimum atomic E-state index is -0.0596. The van der Waals surface area contributed by atoms with Crippen molar-refractivity contribution in [1.82, 2.24) is 24.8 Å². The lowest BCUT2D eigenvalue weighted by Gasteiger charge is -2.27. The fourth-order valence-corrected chi connectivity index (χ4v) is 3.80. The SMILES string of the molecule is COc1nc2ccccc2cc1-c1cnc(C2CCN(C)CCN2C(C)=O)[nH]1. The predicted octanol–water partition coefficient (Wildman–Crippen LogP) is 2.86. The molecule has 1 saturated heterocycles. The highest BCUT2D eigenvalue weighted by Crippen LogP contribution is 2.32. The van der Waals surface area contributed by atoms with Gasteiger partial charge >= 0.3 is 0 Å². The summed E-state index contributed by atoms with van der Waals surface area (Å²) in [4.78, 5) is 29.0. The number of likely N-dealkylation sites (N-methyl/N-ethyl adjacent to an activating group) is 1. The van der Waals surface area contributed by atoms with Crippen molar-refractivity contribution in [2.24, 2.45) is 0 Å². The van der Waals surface area contributed by atoms with Crippen molar-refractivity contribution in [3.05, 3.63) is 42.4 Å². The Morgan fingerprint density at radius 3 is 2.86 bits per heavy atom. The predicted molar refractivity (Wildman–Crippen MR) is 108 cm³/mol. The van der Waals surface area contributed by atoms with E-state index in [0.717, 1.165) is 47.5 Å². The summed E-state index contributed by atoms with van der Waals surface area (Å²) in [6, 6.07) is 9.94. The number of aromatic amines is 1. The molecule has 1 aliphatic rings. The Labute approximate surface area is 164 Å². The van der Waals surface area contributed by atoms with Crippen LogP contribution in [-0.2, 0) is 4.79 Å². The van der Waals surface area contributed by atoms with Gasteiger partial charge < -0.3 is 19.5 Å². The zero-order valence-corrected chi connectivity index (χ0v) is 16.5. The number of para-hydroxylation sites is 1. The number of carbonyl (C=O) groups is 1. The van der Waals surface area contributed by atoms with Crippen LogP contribution in [0.4, 0.5) is 0 Å². The Kier molecular flexibility index (Phi) is 5.00. The molecule has 1 fully saturated rings. The average Bonchev–Trinajstić information content (AvgIpc) is 3.10. The molecule has 0 aliphatic carbocycles. The Hall–Kier alpha value is -2.93. The molecule has 1 amide bonds. The van der Waals surface area contributed by atoms with Gasteiger partial charge in [0, 0.05) is 31.9 Å². The number of rotatable bonds is 3. The molecule has 28 heavy (non-hydrogen) atoms. The number of fused-ring (bicyclic) bond motifs is 1. The third-order valence-corrected chi connectivity index (χ3v) is 5.37. The molecule has 4 rings (SSSR count). The standard InChI is InChI=1S/C21H25N5O2/c1-14(27)26-11-10-25(2)9-8-19(26)20-22-13-18(23-20)16-12-15-6-4-5-7-17(15)24-21(16)28-3/h4-7,12-13,19H,8-11H2,1-3H3,(H,22,23). The Morgan fingerprint density at radius 1 is 1.25 bits per heavy atom. The minimum Gasteiger partial charge on any atom is -0.480 e. The number of nitrogens with one attached hydrogen (secondary N) is 1. The second-order valence-electron chi connectivity index (χ2n) is 7.24. The molecule has 1 N–H and O–H groups in total. The Balaban J connectivity index is 1.72. The normalized spacial score (nSPS) is 18.2. The highest BCUT2D eigenvalue weighted by molar-refractivity contribution is 5.85. The number of methoxy groups -OCH3 is 1. The monoisotopic (exact) mass is 379 g/mol. The molecule has 1 aliphatic heterocycles. The van der Waals surface area contributed by atoms with E-state index in [9.17, 15) is 4.79 Å². The largest absolute Gasteiger partial charge is 0.480 e. The van der Waals surface area contributed by atoms with E-state index in [0.29, 0.717) is 12.4 Å². The maximum absolute atomic E-state index is 12.2.